The zero-order valence-corrected chi connectivity index (χ0v) is 15.0. The first-order chi connectivity index (χ1) is 13.2. The number of carbonyl (C=O) groups is 1. The molecule has 1 unspecified atom stereocenters. The van der Waals surface area contributed by atoms with E-state index < -0.39 is 11.9 Å². The minimum Gasteiger partial charge on any atom is -0.486 e. The van der Waals surface area contributed by atoms with Gasteiger partial charge in [-0.25, -0.2) is 4.98 Å². The number of nitrogens with zero attached hydrogens (tertiary/aromatic N) is 2. The number of hydrogen-bond donors (Lipinski definition) is 1. The van der Waals surface area contributed by atoms with Crippen molar-refractivity contribution >= 4 is 16.9 Å². The summed E-state index contributed by atoms with van der Waals surface area (Å²) in [5.74, 6) is -0.514. The minimum absolute atomic E-state index is 0.184. The van der Waals surface area contributed by atoms with Crippen molar-refractivity contribution in [3.63, 3.8) is 0 Å². The molecule has 0 aliphatic heterocycles. The lowest BCUT2D eigenvalue weighted by Crippen LogP contribution is -2.20. The Kier molecular flexibility index (Phi) is 5.01. The fraction of sp³-hybridized carbons (Fsp3) is 0.318. The van der Waals surface area contributed by atoms with Gasteiger partial charge in [0.05, 0.1) is 23.1 Å². The van der Waals surface area contributed by atoms with Crippen LogP contribution in [0.5, 0.6) is 5.75 Å². The van der Waals surface area contributed by atoms with Gasteiger partial charge < -0.3 is 9.84 Å². The van der Waals surface area contributed by atoms with Crippen LogP contribution in [-0.4, -0.2) is 21.0 Å². The summed E-state index contributed by atoms with van der Waals surface area (Å²) in [5, 5.41) is 10.7. The molecule has 1 saturated carbocycles. The van der Waals surface area contributed by atoms with Gasteiger partial charge in [0.25, 0.3) is 0 Å². The lowest BCUT2D eigenvalue weighted by atomic mass is 9.88. The van der Waals surface area contributed by atoms with Crippen molar-refractivity contribution in [3.05, 3.63) is 66.1 Å². The van der Waals surface area contributed by atoms with Crippen LogP contribution in [0, 0.1) is 5.92 Å². The lowest BCUT2D eigenvalue weighted by Gasteiger charge is -2.18. The number of aromatic nitrogens is 2. The van der Waals surface area contributed by atoms with Gasteiger partial charge in [-0.1, -0.05) is 37.1 Å². The van der Waals surface area contributed by atoms with Crippen LogP contribution >= 0.6 is 0 Å². The second-order valence-corrected chi connectivity index (χ2v) is 7.06. The van der Waals surface area contributed by atoms with Crippen LogP contribution < -0.4 is 4.74 Å². The second-order valence-electron chi connectivity index (χ2n) is 7.06. The quantitative estimate of drug-likeness (QED) is 0.695. The van der Waals surface area contributed by atoms with E-state index in [-0.39, 0.29) is 5.92 Å². The maximum atomic E-state index is 11.7. The molecule has 0 spiro atoms. The summed E-state index contributed by atoms with van der Waals surface area (Å²) < 4.78 is 5.79. The molecule has 2 heterocycles. The number of carboxylic acid groups (broad SMARTS) is 1. The first kappa shape index (κ1) is 17.5. The number of benzene rings is 1. The van der Waals surface area contributed by atoms with Crippen LogP contribution in [-0.2, 0) is 11.4 Å². The molecular formula is C22H22N2O3. The van der Waals surface area contributed by atoms with E-state index in [0.717, 1.165) is 42.3 Å². The Hall–Kier alpha value is -2.95. The number of pyridine rings is 2. The number of para-hydroxylation sites is 1. The van der Waals surface area contributed by atoms with Crippen LogP contribution in [0.15, 0.2) is 54.7 Å². The highest BCUT2D eigenvalue weighted by Gasteiger charge is 2.32. The van der Waals surface area contributed by atoms with Crippen molar-refractivity contribution in [1.29, 1.82) is 0 Å². The van der Waals surface area contributed by atoms with Gasteiger partial charge in [0.1, 0.15) is 18.3 Å². The van der Waals surface area contributed by atoms with E-state index >= 15 is 0 Å². The van der Waals surface area contributed by atoms with Crippen molar-refractivity contribution in [2.45, 2.75) is 38.2 Å². The molecule has 0 saturated heterocycles. The summed E-state index contributed by atoms with van der Waals surface area (Å²) in [6.45, 7) is 0.344. The number of carboxylic acids is 1. The molecule has 3 aromatic rings. The van der Waals surface area contributed by atoms with Crippen LogP contribution in [0.3, 0.4) is 0 Å². The van der Waals surface area contributed by atoms with Crippen LogP contribution in [0.1, 0.15) is 43.0 Å². The molecule has 1 aromatic carbocycles. The van der Waals surface area contributed by atoms with Crippen molar-refractivity contribution < 1.29 is 14.6 Å². The van der Waals surface area contributed by atoms with Gasteiger partial charge in [0.15, 0.2) is 0 Å². The van der Waals surface area contributed by atoms with E-state index in [9.17, 15) is 9.90 Å². The molecule has 138 valence electrons. The SMILES string of the molecule is O=C(O)C(c1ccc(OCc2ccc3ccccc3n2)cn1)C1CCCC1. The van der Waals surface area contributed by atoms with Crippen molar-refractivity contribution in [2.24, 2.45) is 5.92 Å². The topological polar surface area (TPSA) is 72.3 Å². The van der Waals surface area contributed by atoms with Gasteiger partial charge in [0, 0.05) is 5.39 Å². The molecule has 27 heavy (non-hydrogen) atoms. The third-order valence-electron chi connectivity index (χ3n) is 5.26. The summed E-state index contributed by atoms with van der Waals surface area (Å²) in [5.41, 5.74) is 2.39. The first-order valence-corrected chi connectivity index (χ1v) is 9.37. The molecule has 4 rings (SSSR count). The van der Waals surface area contributed by atoms with E-state index in [1.54, 1.807) is 18.3 Å². The third kappa shape index (κ3) is 3.92. The third-order valence-corrected chi connectivity index (χ3v) is 5.26. The highest BCUT2D eigenvalue weighted by Crippen LogP contribution is 2.37. The standard InChI is InChI=1S/C22H22N2O3/c25-22(26)21(16-6-1-2-7-16)20-12-11-18(13-23-20)27-14-17-10-9-15-5-3-4-8-19(15)24-17/h3-5,8-13,16,21H,1-2,6-7,14H2,(H,25,26). The number of aliphatic carboxylic acids is 1. The molecule has 1 atom stereocenters. The lowest BCUT2D eigenvalue weighted by molar-refractivity contribution is -0.140. The van der Waals surface area contributed by atoms with E-state index in [4.69, 9.17) is 4.74 Å². The van der Waals surface area contributed by atoms with Crippen molar-refractivity contribution in [3.8, 4) is 5.75 Å². The fourth-order valence-corrected chi connectivity index (χ4v) is 3.87. The molecule has 0 bridgehead atoms. The zero-order chi connectivity index (χ0) is 18.6. The number of fused-ring (bicyclic) bond motifs is 1. The Morgan fingerprint density at radius 1 is 1.11 bits per heavy atom. The Labute approximate surface area is 158 Å². The highest BCUT2D eigenvalue weighted by molar-refractivity contribution is 5.78. The smallest absolute Gasteiger partial charge is 0.312 e. The molecule has 1 N–H and O–H groups in total. The van der Waals surface area contributed by atoms with E-state index in [0.29, 0.717) is 18.1 Å². The zero-order valence-electron chi connectivity index (χ0n) is 15.0. The Morgan fingerprint density at radius 2 is 1.93 bits per heavy atom. The normalized spacial score (nSPS) is 15.7. The molecular weight excluding hydrogens is 340 g/mol. The fourth-order valence-electron chi connectivity index (χ4n) is 3.87. The number of rotatable bonds is 6. The average Bonchev–Trinajstić information content (AvgIpc) is 3.21. The molecule has 5 heteroatoms. The van der Waals surface area contributed by atoms with Crippen LogP contribution in [0.25, 0.3) is 10.9 Å². The van der Waals surface area contributed by atoms with E-state index in [1.165, 1.54) is 0 Å². The van der Waals surface area contributed by atoms with Gasteiger partial charge in [-0.05, 0) is 43.0 Å². The molecule has 0 radical (unpaired) electrons. The molecule has 1 aliphatic rings. The summed E-state index contributed by atoms with van der Waals surface area (Å²) >= 11 is 0. The summed E-state index contributed by atoms with van der Waals surface area (Å²) in [6, 6.07) is 15.5. The van der Waals surface area contributed by atoms with Gasteiger partial charge in [0.2, 0.25) is 0 Å². The summed E-state index contributed by atoms with van der Waals surface area (Å²) in [6.07, 6.45) is 5.75. The Morgan fingerprint density at radius 3 is 2.67 bits per heavy atom. The number of ether oxygens (including phenoxy) is 1. The molecule has 1 fully saturated rings. The average molecular weight is 362 g/mol. The van der Waals surface area contributed by atoms with Crippen molar-refractivity contribution in [2.75, 3.05) is 0 Å². The molecule has 1 aliphatic carbocycles. The van der Waals surface area contributed by atoms with Gasteiger partial charge in [-0.3, -0.25) is 9.78 Å². The molecule has 0 amide bonds. The monoisotopic (exact) mass is 362 g/mol. The number of hydrogen-bond acceptors (Lipinski definition) is 4. The highest BCUT2D eigenvalue weighted by atomic mass is 16.5. The van der Waals surface area contributed by atoms with Gasteiger partial charge in [-0.15, -0.1) is 0 Å². The minimum atomic E-state index is -0.788. The van der Waals surface area contributed by atoms with Gasteiger partial charge >= 0.3 is 5.97 Å². The molecule has 2 aromatic heterocycles. The predicted octanol–water partition coefficient (Wildman–Crippen LogP) is 4.57. The Bertz CT molecular complexity index is 934. The maximum absolute atomic E-state index is 11.7. The van der Waals surface area contributed by atoms with E-state index in [2.05, 4.69) is 9.97 Å². The van der Waals surface area contributed by atoms with E-state index in [1.807, 2.05) is 36.4 Å². The van der Waals surface area contributed by atoms with Crippen LogP contribution in [0.4, 0.5) is 0 Å². The first-order valence-electron chi connectivity index (χ1n) is 9.37. The largest absolute Gasteiger partial charge is 0.486 e. The summed E-state index contributed by atoms with van der Waals surface area (Å²) in [7, 11) is 0. The molecule has 5 nitrogen and oxygen atoms in total. The van der Waals surface area contributed by atoms with Gasteiger partial charge in [-0.2, -0.15) is 0 Å². The Balaban J connectivity index is 1.44. The predicted molar refractivity (Wildman–Crippen MR) is 103 cm³/mol. The van der Waals surface area contributed by atoms with Crippen molar-refractivity contribution in [1.82, 2.24) is 9.97 Å². The maximum Gasteiger partial charge on any atom is 0.312 e. The van der Waals surface area contributed by atoms with Crippen LogP contribution in [0.2, 0.25) is 0 Å². The second kappa shape index (κ2) is 7.74. The summed E-state index contributed by atoms with van der Waals surface area (Å²) in [4.78, 5) is 20.7.